The average Bonchev–Trinajstić information content (AvgIpc) is 3.40. The zero-order chi connectivity index (χ0) is 20.6. The van der Waals surface area contributed by atoms with Gasteiger partial charge in [0.2, 0.25) is 11.3 Å². The van der Waals surface area contributed by atoms with E-state index in [4.69, 9.17) is 9.15 Å². The highest BCUT2D eigenvalue weighted by molar-refractivity contribution is 6.48. The van der Waals surface area contributed by atoms with Crippen molar-refractivity contribution < 1.29 is 34.1 Å². The van der Waals surface area contributed by atoms with Crippen LogP contribution < -0.4 is 0 Å². The lowest BCUT2D eigenvalue weighted by Crippen LogP contribution is -2.66. The van der Waals surface area contributed by atoms with Gasteiger partial charge in [0.05, 0.1) is 17.4 Å². The first-order valence-corrected chi connectivity index (χ1v) is 9.42. The Morgan fingerprint density at radius 1 is 1.07 bits per heavy atom. The van der Waals surface area contributed by atoms with Gasteiger partial charge in [0.15, 0.2) is 0 Å². The smallest absolute Gasteiger partial charge is 0.296 e. The second-order valence-corrected chi connectivity index (χ2v) is 7.53. The van der Waals surface area contributed by atoms with Crippen LogP contribution in [0.4, 0.5) is 0 Å². The molecule has 8 heteroatoms. The van der Waals surface area contributed by atoms with Gasteiger partial charge >= 0.3 is 0 Å². The number of carbonyl (C=O) groups is 2. The molecule has 1 amide bonds. The Balaban J connectivity index is 1.88. The van der Waals surface area contributed by atoms with Crippen LogP contribution in [-0.2, 0) is 25.9 Å². The van der Waals surface area contributed by atoms with Gasteiger partial charge in [0.1, 0.15) is 12.0 Å². The van der Waals surface area contributed by atoms with Crippen LogP contribution in [-0.4, -0.2) is 44.0 Å². The lowest BCUT2D eigenvalue weighted by molar-refractivity contribution is -0.312. The fraction of sp³-hybridized carbons (Fsp3) is 0.333. The minimum Gasteiger partial charge on any atom is -0.472 e. The molecule has 5 rings (SSSR count). The molecule has 0 saturated carbocycles. The number of fused-ring (bicyclic) bond motifs is 2. The van der Waals surface area contributed by atoms with E-state index in [1.807, 2.05) is 6.92 Å². The van der Waals surface area contributed by atoms with Gasteiger partial charge in [-0.2, -0.15) is 0 Å². The number of Topliss-reactive ketones (excluding diaryl/α,β-unsaturated/α-hetero) is 1. The molecule has 8 nitrogen and oxygen atoms in total. The predicted octanol–water partition coefficient (Wildman–Crippen LogP) is 0.967. The fourth-order valence-electron chi connectivity index (χ4n) is 4.88. The van der Waals surface area contributed by atoms with Crippen LogP contribution >= 0.6 is 0 Å². The standard InChI is InChI=1S/C21H19NO7/c1-2-3-9-22-18(24)16(23)15-17(12-8-10-28-11-12)29-21(27)14-7-5-4-6-13(14)20(25,26)19(15,21)22/h4-8,10-11,25-27H,2-3,9H2,1H3/t19-,21-/m0/s1. The molecule has 1 spiro atoms. The highest BCUT2D eigenvalue weighted by Gasteiger charge is 2.85. The lowest BCUT2D eigenvalue weighted by atomic mass is 9.79. The van der Waals surface area contributed by atoms with Crippen molar-refractivity contribution in [2.24, 2.45) is 0 Å². The van der Waals surface area contributed by atoms with Gasteiger partial charge in [-0.3, -0.25) is 9.59 Å². The van der Waals surface area contributed by atoms with Crippen LogP contribution in [0.15, 0.2) is 52.8 Å². The molecule has 1 aromatic heterocycles. The van der Waals surface area contributed by atoms with Crippen LogP contribution in [0, 0.1) is 0 Å². The summed E-state index contributed by atoms with van der Waals surface area (Å²) in [6.45, 7) is 1.95. The lowest BCUT2D eigenvalue weighted by Gasteiger charge is -2.45. The van der Waals surface area contributed by atoms with E-state index in [-0.39, 0.29) is 29.0 Å². The van der Waals surface area contributed by atoms with E-state index in [1.54, 1.807) is 12.1 Å². The van der Waals surface area contributed by atoms with Crippen molar-refractivity contribution in [1.82, 2.24) is 4.90 Å². The van der Waals surface area contributed by atoms with E-state index < -0.39 is 28.8 Å². The van der Waals surface area contributed by atoms with E-state index >= 15 is 0 Å². The Kier molecular flexibility index (Phi) is 3.48. The molecule has 0 radical (unpaired) electrons. The fourth-order valence-corrected chi connectivity index (χ4v) is 4.88. The van der Waals surface area contributed by atoms with E-state index in [0.29, 0.717) is 18.4 Å². The third kappa shape index (κ3) is 1.80. The van der Waals surface area contributed by atoms with Crippen LogP contribution in [0.1, 0.15) is 36.5 Å². The van der Waals surface area contributed by atoms with Gasteiger partial charge in [-0.15, -0.1) is 0 Å². The number of carbonyl (C=O) groups excluding carboxylic acids is 2. The Labute approximate surface area is 165 Å². The minimum absolute atomic E-state index is 0.0183. The Bertz CT molecular complexity index is 1070. The molecular formula is C21H19NO7. The number of hydrogen-bond donors (Lipinski definition) is 3. The summed E-state index contributed by atoms with van der Waals surface area (Å²) in [5, 5.41) is 34.5. The zero-order valence-electron chi connectivity index (χ0n) is 15.6. The van der Waals surface area contributed by atoms with E-state index in [0.717, 1.165) is 4.90 Å². The first-order chi connectivity index (χ1) is 13.8. The second-order valence-electron chi connectivity index (χ2n) is 7.53. The summed E-state index contributed by atoms with van der Waals surface area (Å²) in [5.41, 5.74) is -2.11. The molecule has 150 valence electrons. The minimum atomic E-state index is -2.76. The summed E-state index contributed by atoms with van der Waals surface area (Å²) < 4.78 is 11.0. The number of ketones is 1. The van der Waals surface area contributed by atoms with Gasteiger partial charge in [-0.1, -0.05) is 37.6 Å². The summed E-state index contributed by atoms with van der Waals surface area (Å²) in [6, 6.07) is 7.63. The molecule has 1 aromatic carbocycles. The molecule has 3 N–H and O–H groups in total. The van der Waals surface area contributed by atoms with Crippen molar-refractivity contribution in [1.29, 1.82) is 0 Å². The van der Waals surface area contributed by atoms with Crippen molar-refractivity contribution >= 4 is 17.4 Å². The Morgan fingerprint density at radius 3 is 2.45 bits per heavy atom. The largest absolute Gasteiger partial charge is 0.472 e. The number of amides is 1. The zero-order valence-corrected chi connectivity index (χ0v) is 15.6. The first-order valence-electron chi connectivity index (χ1n) is 9.42. The van der Waals surface area contributed by atoms with Crippen molar-refractivity contribution in [3.8, 4) is 0 Å². The number of benzene rings is 1. The number of nitrogens with zero attached hydrogens (tertiary/aromatic N) is 1. The molecule has 0 bridgehead atoms. The van der Waals surface area contributed by atoms with Crippen molar-refractivity contribution in [2.45, 2.75) is 36.9 Å². The second kappa shape index (κ2) is 5.56. The highest BCUT2D eigenvalue weighted by atomic mass is 16.6. The third-order valence-corrected chi connectivity index (χ3v) is 6.09. The molecule has 2 aliphatic heterocycles. The van der Waals surface area contributed by atoms with Gasteiger partial charge in [-0.05, 0) is 12.5 Å². The molecule has 29 heavy (non-hydrogen) atoms. The van der Waals surface area contributed by atoms with Gasteiger partial charge in [0.25, 0.3) is 17.5 Å². The number of aliphatic hydroxyl groups is 3. The van der Waals surface area contributed by atoms with Crippen LogP contribution in [0.2, 0.25) is 0 Å². The maximum Gasteiger partial charge on any atom is 0.296 e. The van der Waals surface area contributed by atoms with E-state index in [2.05, 4.69) is 0 Å². The van der Waals surface area contributed by atoms with Crippen LogP contribution in [0.25, 0.3) is 5.76 Å². The molecule has 3 heterocycles. The maximum absolute atomic E-state index is 13.1. The molecule has 1 saturated heterocycles. The van der Waals surface area contributed by atoms with Crippen LogP contribution in [0.5, 0.6) is 0 Å². The summed E-state index contributed by atoms with van der Waals surface area (Å²) >= 11 is 0. The van der Waals surface area contributed by atoms with Crippen molar-refractivity contribution in [3.63, 3.8) is 0 Å². The molecule has 2 atom stereocenters. The third-order valence-electron chi connectivity index (χ3n) is 6.09. The molecule has 1 fully saturated rings. The number of rotatable bonds is 4. The SMILES string of the molecule is CCCCN1C(=O)C(=O)C2=C(c3ccoc3)O[C@@]3(O)c4ccccc4C(O)(O)[C@]213. The highest BCUT2D eigenvalue weighted by Crippen LogP contribution is 2.67. The Hall–Kier alpha value is -2.94. The molecule has 0 unspecified atom stereocenters. The van der Waals surface area contributed by atoms with Gasteiger partial charge in [0, 0.05) is 17.7 Å². The maximum atomic E-state index is 13.1. The van der Waals surface area contributed by atoms with E-state index in [1.165, 1.54) is 30.7 Å². The topological polar surface area (TPSA) is 120 Å². The number of ether oxygens (including phenoxy) is 1. The summed E-state index contributed by atoms with van der Waals surface area (Å²) in [6.07, 6.45) is 3.84. The Morgan fingerprint density at radius 2 is 1.79 bits per heavy atom. The van der Waals surface area contributed by atoms with E-state index in [9.17, 15) is 24.9 Å². The first kappa shape index (κ1) is 18.1. The normalized spacial score (nSPS) is 29.2. The molecule has 3 aliphatic rings. The summed E-state index contributed by atoms with van der Waals surface area (Å²) in [5.74, 6) is -7.05. The van der Waals surface area contributed by atoms with Crippen molar-refractivity contribution in [2.75, 3.05) is 6.54 Å². The number of likely N-dealkylation sites (tertiary alicyclic amines) is 1. The quantitative estimate of drug-likeness (QED) is 0.519. The predicted molar refractivity (Wildman–Crippen MR) is 97.5 cm³/mol. The number of unbranched alkanes of at least 4 members (excludes halogenated alkanes) is 1. The molecular weight excluding hydrogens is 378 g/mol. The molecule has 2 aromatic rings. The summed E-state index contributed by atoms with van der Waals surface area (Å²) in [7, 11) is 0. The monoisotopic (exact) mass is 397 g/mol. The number of furan rings is 1. The molecule has 1 aliphatic carbocycles. The van der Waals surface area contributed by atoms with Crippen molar-refractivity contribution in [3.05, 3.63) is 65.1 Å². The van der Waals surface area contributed by atoms with Crippen LogP contribution in [0.3, 0.4) is 0 Å². The number of hydrogen-bond acceptors (Lipinski definition) is 7. The average molecular weight is 397 g/mol. The van der Waals surface area contributed by atoms with Gasteiger partial charge < -0.3 is 29.4 Å². The van der Waals surface area contributed by atoms with Gasteiger partial charge in [-0.25, -0.2) is 0 Å². The summed E-state index contributed by atoms with van der Waals surface area (Å²) in [4.78, 5) is 27.1.